The molecule has 3 aromatic rings. The Balaban J connectivity index is 1.67. The summed E-state index contributed by atoms with van der Waals surface area (Å²) in [6, 6.07) is 10.6. The smallest absolute Gasteiger partial charge is 0.177 e. The molecule has 0 spiro atoms. The lowest BCUT2D eigenvalue weighted by Gasteiger charge is -2.24. The molecule has 142 valence electrons. The molecule has 6 nitrogen and oxygen atoms in total. The molecule has 0 aliphatic heterocycles. The topological polar surface area (TPSA) is 94.3 Å². The van der Waals surface area contributed by atoms with Crippen LogP contribution < -0.4 is 16.8 Å². The largest absolute Gasteiger partial charge is 0.382 e. The molecule has 27 heavy (non-hydrogen) atoms. The minimum Gasteiger partial charge on any atom is -0.382 e. The van der Waals surface area contributed by atoms with Gasteiger partial charge in [-0.15, -0.1) is 5.10 Å². The van der Waals surface area contributed by atoms with Crippen LogP contribution in [0.4, 0.5) is 17.2 Å². The maximum atomic E-state index is 6.05. The number of imidazole rings is 1. The Hall–Kier alpha value is -2.60. The highest BCUT2D eigenvalue weighted by atomic mass is 15.3. The van der Waals surface area contributed by atoms with E-state index in [1.807, 2.05) is 12.3 Å². The highest BCUT2D eigenvalue weighted by molar-refractivity contribution is 5.76. The summed E-state index contributed by atoms with van der Waals surface area (Å²) in [5, 5.41) is 7.90. The van der Waals surface area contributed by atoms with Gasteiger partial charge in [0.2, 0.25) is 0 Å². The number of rotatable bonds is 4. The van der Waals surface area contributed by atoms with Gasteiger partial charge in [0.15, 0.2) is 5.65 Å². The summed E-state index contributed by atoms with van der Waals surface area (Å²) in [6.07, 6.45) is 6.30. The molecule has 2 heterocycles. The van der Waals surface area contributed by atoms with Gasteiger partial charge in [-0.1, -0.05) is 26.0 Å². The van der Waals surface area contributed by atoms with Gasteiger partial charge < -0.3 is 16.8 Å². The fraction of sp³-hybridized carbons (Fsp3) is 0.429. The molecule has 1 aromatic carbocycles. The zero-order valence-electron chi connectivity index (χ0n) is 16.0. The zero-order valence-corrected chi connectivity index (χ0v) is 16.0. The monoisotopic (exact) mass is 364 g/mol. The summed E-state index contributed by atoms with van der Waals surface area (Å²) < 4.78 is 1.80. The van der Waals surface area contributed by atoms with E-state index in [-0.39, 0.29) is 0 Å². The Labute approximate surface area is 160 Å². The summed E-state index contributed by atoms with van der Waals surface area (Å²) in [4.78, 5) is 4.90. The molecule has 1 saturated carbocycles. The van der Waals surface area contributed by atoms with E-state index in [4.69, 9.17) is 16.5 Å². The first kappa shape index (κ1) is 17.8. The molecule has 2 aromatic heterocycles. The Morgan fingerprint density at radius 2 is 1.93 bits per heavy atom. The standard InChI is InChI=1S/C21H28N6/c1-13(2)15-4-3-5-17(10-15)24-18-11-20(23)26-27-12-19(25-21(18)27)14-6-8-16(22)9-7-14/h3-5,10-14,16,24H,6-9,22H2,1-2H3,(H2,23,26)/t14-,16-. The van der Waals surface area contributed by atoms with Gasteiger partial charge in [0.25, 0.3) is 0 Å². The number of anilines is 3. The Morgan fingerprint density at radius 1 is 1.15 bits per heavy atom. The van der Waals surface area contributed by atoms with Crippen molar-refractivity contribution in [2.24, 2.45) is 5.73 Å². The molecule has 0 bridgehead atoms. The molecule has 0 unspecified atom stereocenters. The van der Waals surface area contributed by atoms with Gasteiger partial charge >= 0.3 is 0 Å². The molecule has 0 amide bonds. The predicted molar refractivity (Wildman–Crippen MR) is 110 cm³/mol. The average molecular weight is 364 g/mol. The molecule has 5 N–H and O–H groups in total. The van der Waals surface area contributed by atoms with Crippen molar-refractivity contribution in [1.29, 1.82) is 0 Å². The Bertz CT molecular complexity index is 937. The minimum atomic E-state index is 0.331. The molecule has 1 aliphatic rings. The van der Waals surface area contributed by atoms with E-state index in [0.29, 0.717) is 23.7 Å². The molecule has 1 fully saturated rings. The molecule has 0 radical (unpaired) electrons. The van der Waals surface area contributed by atoms with Crippen LogP contribution >= 0.6 is 0 Å². The van der Waals surface area contributed by atoms with E-state index in [1.165, 1.54) is 5.56 Å². The third-order valence-electron chi connectivity index (χ3n) is 5.49. The number of fused-ring (bicyclic) bond motifs is 1. The molecule has 0 atom stereocenters. The van der Waals surface area contributed by atoms with Crippen molar-refractivity contribution < 1.29 is 0 Å². The maximum absolute atomic E-state index is 6.05. The summed E-state index contributed by atoms with van der Waals surface area (Å²) in [6.45, 7) is 4.39. The van der Waals surface area contributed by atoms with E-state index < -0.39 is 0 Å². The van der Waals surface area contributed by atoms with Crippen molar-refractivity contribution in [2.45, 2.75) is 57.4 Å². The SMILES string of the molecule is CC(C)c1cccc(Nc2cc(N)nn3cc([C@H]4CC[C@H](N)CC4)nc23)c1. The van der Waals surface area contributed by atoms with Crippen molar-refractivity contribution in [1.82, 2.24) is 14.6 Å². The van der Waals surface area contributed by atoms with Crippen LogP contribution in [0.2, 0.25) is 0 Å². The summed E-state index contributed by atoms with van der Waals surface area (Å²) in [5.41, 5.74) is 17.2. The lowest BCUT2D eigenvalue weighted by atomic mass is 9.85. The second kappa shape index (κ2) is 7.19. The van der Waals surface area contributed by atoms with Gasteiger partial charge in [-0.25, -0.2) is 9.50 Å². The first-order valence-corrected chi connectivity index (χ1v) is 9.78. The van der Waals surface area contributed by atoms with Gasteiger partial charge in [0.05, 0.1) is 17.6 Å². The van der Waals surface area contributed by atoms with Gasteiger partial charge in [-0.05, 0) is 49.3 Å². The van der Waals surface area contributed by atoms with Gasteiger partial charge in [-0.2, -0.15) is 0 Å². The summed E-state index contributed by atoms with van der Waals surface area (Å²) in [5.74, 6) is 1.40. The number of benzene rings is 1. The molecule has 0 saturated heterocycles. The zero-order chi connectivity index (χ0) is 19.0. The highest BCUT2D eigenvalue weighted by Gasteiger charge is 2.23. The first-order valence-electron chi connectivity index (χ1n) is 9.78. The van der Waals surface area contributed by atoms with Crippen LogP contribution in [0, 0.1) is 0 Å². The van der Waals surface area contributed by atoms with Crippen molar-refractivity contribution >= 4 is 22.8 Å². The van der Waals surface area contributed by atoms with Crippen LogP contribution in [-0.4, -0.2) is 20.6 Å². The molecule has 1 aliphatic carbocycles. The van der Waals surface area contributed by atoms with E-state index in [1.54, 1.807) is 4.52 Å². The maximum Gasteiger partial charge on any atom is 0.177 e. The van der Waals surface area contributed by atoms with E-state index >= 15 is 0 Å². The van der Waals surface area contributed by atoms with E-state index in [9.17, 15) is 0 Å². The van der Waals surface area contributed by atoms with Gasteiger partial charge in [0, 0.05) is 23.7 Å². The average Bonchev–Trinajstić information content (AvgIpc) is 3.06. The number of hydrogen-bond acceptors (Lipinski definition) is 5. The minimum absolute atomic E-state index is 0.331. The van der Waals surface area contributed by atoms with Crippen LogP contribution in [-0.2, 0) is 0 Å². The fourth-order valence-electron chi connectivity index (χ4n) is 3.85. The van der Waals surface area contributed by atoms with Crippen LogP contribution in [0.25, 0.3) is 5.65 Å². The van der Waals surface area contributed by atoms with Crippen LogP contribution in [0.5, 0.6) is 0 Å². The summed E-state index contributed by atoms with van der Waals surface area (Å²) in [7, 11) is 0. The van der Waals surface area contributed by atoms with Gasteiger partial charge in [0.1, 0.15) is 5.82 Å². The lowest BCUT2D eigenvalue weighted by Crippen LogP contribution is -2.25. The molecule has 6 heteroatoms. The lowest BCUT2D eigenvalue weighted by molar-refractivity contribution is 0.391. The molecule has 4 rings (SSSR count). The van der Waals surface area contributed by atoms with Gasteiger partial charge in [-0.3, -0.25) is 0 Å². The second-order valence-corrected chi connectivity index (χ2v) is 7.93. The van der Waals surface area contributed by atoms with E-state index in [0.717, 1.165) is 48.4 Å². The predicted octanol–water partition coefficient (Wildman–Crippen LogP) is 4.16. The summed E-state index contributed by atoms with van der Waals surface area (Å²) >= 11 is 0. The number of aromatic nitrogens is 3. The molecular formula is C21H28N6. The Morgan fingerprint density at radius 3 is 2.67 bits per heavy atom. The second-order valence-electron chi connectivity index (χ2n) is 7.93. The van der Waals surface area contributed by atoms with Crippen molar-refractivity contribution in [3.05, 3.63) is 47.8 Å². The fourth-order valence-corrected chi connectivity index (χ4v) is 3.85. The van der Waals surface area contributed by atoms with Crippen molar-refractivity contribution in [3.63, 3.8) is 0 Å². The quantitative estimate of drug-likeness (QED) is 0.646. The number of nitrogen functional groups attached to an aromatic ring is 1. The van der Waals surface area contributed by atoms with Crippen molar-refractivity contribution in [3.8, 4) is 0 Å². The highest BCUT2D eigenvalue weighted by Crippen LogP contribution is 2.33. The number of hydrogen-bond donors (Lipinski definition) is 3. The number of nitrogens with zero attached hydrogens (tertiary/aromatic N) is 3. The first-order chi connectivity index (χ1) is 13.0. The van der Waals surface area contributed by atoms with Crippen LogP contribution in [0.3, 0.4) is 0 Å². The third kappa shape index (κ3) is 3.76. The van der Waals surface area contributed by atoms with Crippen LogP contribution in [0.1, 0.15) is 62.6 Å². The number of nitrogens with one attached hydrogen (secondary N) is 1. The van der Waals surface area contributed by atoms with Crippen molar-refractivity contribution in [2.75, 3.05) is 11.1 Å². The van der Waals surface area contributed by atoms with E-state index in [2.05, 4.69) is 48.5 Å². The molecular weight excluding hydrogens is 336 g/mol. The normalized spacial score (nSPS) is 20.3. The third-order valence-corrected chi connectivity index (χ3v) is 5.49. The Kier molecular flexibility index (Phi) is 4.74. The number of nitrogens with two attached hydrogens (primary N) is 2. The van der Waals surface area contributed by atoms with Crippen LogP contribution in [0.15, 0.2) is 36.5 Å².